The Morgan fingerprint density at radius 1 is 0.312 bits per heavy atom. The van der Waals surface area contributed by atoms with Gasteiger partial charge in [0.25, 0.3) is 0 Å². The molecule has 10 aromatic carbocycles. The lowest BCUT2D eigenvalue weighted by molar-refractivity contribution is 0.668. The summed E-state index contributed by atoms with van der Waals surface area (Å²) in [7, 11) is 0. The summed E-state index contributed by atoms with van der Waals surface area (Å²) >= 11 is 0. The first-order valence-corrected chi connectivity index (χ1v) is 21.9. The fourth-order valence-corrected chi connectivity index (χ4v) is 10.6. The Balaban J connectivity index is 1.12. The maximum Gasteiger partial charge on any atom is 0.137 e. The first kappa shape index (κ1) is 36.3. The van der Waals surface area contributed by atoms with Crippen LogP contribution in [0, 0.1) is 0 Å². The molecular weight excluding hydrogens is 779 g/mol. The Morgan fingerprint density at radius 2 is 0.844 bits per heavy atom. The zero-order valence-electron chi connectivity index (χ0n) is 34.8. The molecule has 64 heavy (non-hydrogen) atoms. The van der Waals surface area contributed by atoms with Gasteiger partial charge in [-0.1, -0.05) is 176 Å². The van der Waals surface area contributed by atoms with Gasteiger partial charge in [0.05, 0.1) is 16.5 Å². The molecule has 0 N–H and O–H groups in total. The van der Waals surface area contributed by atoms with Crippen LogP contribution in [0.2, 0.25) is 0 Å². The van der Waals surface area contributed by atoms with Crippen LogP contribution < -0.4 is 4.90 Å². The van der Waals surface area contributed by atoms with Crippen molar-refractivity contribution in [2.24, 2.45) is 0 Å². The van der Waals surface area contributed by atoms with E-state index in [-0.39, 0.29) is 0 Å². The Hall–Kier alpha value is -8.40. The molecule has 3 heteroatoms. The van der Waals surface area contributed by atoms with Gasteiger partial charge in [0.15, 0.2) is 0 Å². The van der Waals surface area contributed by atoms with E-state index in [9.17, 15) is 0 Å². The summed E-state index contributed by atoms with van der Waals surface area (Å²) in [6.45, 7) is 0. The van der Waals surface area contributed by atoms with Crippen molar-refractivity contribution in [3.05, 3.63) is 259 Å². The van der Waals surface area contributed by atoms with Gasteiger partial charge < -0.3 is 13.7 Å². The topological polar surface area (TPSA) is 29.5 Å². The van der Waals surface area contributed by atoms with Crippen LogP contribution in [0.5, 0.6) is 0 Å². The Bertz CT molecular complexity index is 3680. The molecule has 2 aromatic heterocycles. The second kappa shape index (κ2) is 14.3. The highest BCUT2D eigenvalue weighted by atomic mass is 16.3. The molecule has 13 rings (SSSR count). The Kier molecular flexibility index (Phi) is 8.13. The normalized spacial score (nSPS) is 12.8. The first-order valence-electron chi connectivity index (χ1n) is 21.9. The minimum Gasteiger partial charge on any atom is -0.456 e. The molecule has 0 unspecified atom stereocenters. The molecule has 2 heterocycles. The largest absolute Gasteiger partial charge is 0.456 e. The van der Waals surface area contributed by atoms with Crippen LogP contribution in [-0.2, 0) is 5.41 Å². The van der Waals surface area contributed by atoms with Crippen LogP contribution in [0.1, 0.15) is 22.3 Å². The van der Waals surface area contributed by atoms with Gasteiger partial charge in [-0.3, -0.25) is 0 Å². The maximum atomic E-state index is 6.71. The summed E-state index contributed by atoms with van der Waals surface area (Å²) in [5, 5.41) is 4.28. The van der Waals surface area contributed by atoms with E-state index in [4.69, 9.17) is 8.83 Å². The van der Waals surface area contributed by atoms with Crippen LogP contribution in [0.25, 0.3) is 77.3 Å². The third kappa shape index (κ3) is 5.41. The highest BCUT2D eigenvalue weighted by Crippen LogP contribution is 2.57. The smallest absolute Gasteiger partial charge is 0.137 e. The molecular formula is C61H39NO2. The third-order valence-corrected chi connectivity index (χ3v) is 13.3. The zero-order valence-corrected chi connectivity index (χ0v) is 34.8. The van der Waals surface area contributed by atoms with E-state index < -0.39 is 5.41 Å². The van der Waals surface area contributed by atoms with Gasteiger partial charge in [0, 0.05) is 27.5 Å². The van der Waals surface area contributed by atoms with Gasteiger partial charge in [-0.25, -0.2) is 0 Å². The van der Waals surface area contributed by atoms with Crippen LogP contribution in [0.3, 0.4) is 0 Å². The van der Waals surface area contributed by atoms with Crippen molar-refractivity contribution in [3.8, 4) is 33.4 Å². The molecule has 1 aliphatic carbocycles. The van der Waals surface area contributed by atoms with Gasteiger partial charge in [-0.2, -0.15) is 0 Å². The molecule has 0 aliphatic heterocycles. The lowest BCUT2D eigenvalue weighted by Crippen LogP contribution is -2.28. The number of benzene rings is 10. The molecule has 0 radical (unpaired) electrons. The minimum atomic E-state index is -0.565. The van der Waals surface area contributed by atoms with E-state index in [2.05, 4.69) is 241 Å². The zero-order chi connectivity index (χ0) is 42.2. The fraction of sp³-hybridized carbons (Fsp3) is 0.0164. The summed E-state index contributed by atoms with van der Waals surface area (Å²) in [6.07, 6.45) is 0. The summed E-state index contributed by atoms with van der Waals surface area (Å²) in [4.78, 5) is 2.43. The summed E-state index contributed by atoms with van der Waals surface area (Å²) in [5.74, 6) is 0. The van der Waals surface area contributed by atoms with Crippen molar-refractivity contribution in [3.63, 3.8) is 0 Å². The van der Waals surface area contributed by atoms with Crippen LogP contribution in [0.4, 0.5) is 17.1 Å². The molecule has 0 fully saturated rings. The standard InChI is InChI=1S/C61H39NO2/c1-5-17-40(18-6-1)42-31-35-55-50(37-42)60-54(28-16-30-58(60)64-55)62(45-33-36-56-51(38-45)59-47(26-15-29-57(59)63-56)41-19-7-2-8-20-41)46-32-34-49-48-25-13-14-27-52(48)61(53(49)39-46,43-21-9-3-10-22-43)44-23-11-4-12-24-44/h1-39H. The van der Waals surface area contributed by atoms with Gasteiger partial charge in [0.2, 0.25) is 0 Å². The second-order valence-corrected chi connectivity index (χ2v) is 16.7. The van der Waals surface area contributed by atoms with Crippen molar-refractivity contribution in [2.45, 2.75) is 5.41 Å². The molecule has 0 bridgehead atoms. The predicted octanol–water partition coefficient (Wildman–Crippen LogP) is 16.7. The quantitative estimate of drug-likeness (QED) is 0.160. The molecule has 300 valence electrons. The fourth-order valence-electron chi connectivity index (χ4n) is 10.6. The van der Waals surface area contributed by atoms with Gasteiger partial charge >= 0.3 is 0 Å². The number of furan rings is 2. The summed E-state index contributed by atoms with van der Waals surface area (Å²) < 4.78 is 13.3. The summed E-state index contributed by atoms with van der Waals surface area (Å²) in [6, 6.07) is 85.3. The molecule has 0 atom stereocenters. The average molecular weight is 818 g/mol. The molecule has 1 aliphatic rings. The van der Waals surface area contributed by atoms with Gasteiger partial charge in [-0.05, 0) is 116 Å². The third-order valence-electron chi connectivity index (χ3n) is 13.3. The molecule has 12 aromatic rings. The number of rotatable bonds is 7. The van der Waals surface area contributed by atoms with Crippen molar-refractivity contribution in [1.82, 2.24) is 0 Å². The first-order chi connectivity index (χ1) is 31.7. The molecule has 0 spiro atoms. The SMILES string of the molecule is c1ccc(-c2ccc3oc4cccc(N(c5ccc6c(c5)C(c5ccccc5)(c5ccccc5)c5ccccc5-6)c5ccc6oc7cccc(-c8ccccc8)c7c6c5)c4c3c2)cc1. The van der Waals surface area contributed by atoms with E-state index in [1.54, 1.807) is 0 Å². The number of anilines is 3. The number of fused-ring (bicyclic) bond motifs is 9. The summed E-state index contributed by atoms with van der Waals surface area (Å²) in [5.41, 5.74) is 18.0. The second-order valence-electron chi connectivity index (χ2n) is 16.7. The monoisotopic (exact) mass is 817 g/mol. The highest BCUT2D eigenvalue weighted by molar-refractivity contribution is 6.16. The Labute approximate surface area is 370 Å². The van der Waals surface area contributed by atoms with E-state index in [0.717, 1.165) is 83.2 Å². The molecule has 3 nitrogen and oxygen atoms in total. The lowest BCUT2D eigenvalue weighted by Gasteiger charge is -2.35. The van der Waals surface area contributed by atoms with Crippen molar-refractivity contribution in [1.29, 1.82) is 0 Å². The number of hydrogen-bond donors (Lipinski definition) is 0. The van der Waals surface area contributed by atoms with E-state index >= 15 is 0 Å². The van der Waals surface area contributed by atoms with Gasteiger partial charge in [-0.15, -0.1) is 0 Å². The van der Waals surface area contributed by atoms with Gasteiger partial charge in [0.1, 0.15) is 22.3 Å². The lowest BCUT2D eigenvalue weighted by atomic mass is 9.67. The average Bonchev–Trinajstić information content (AvgIpc) is 4.03. The number of nitrogens with zero attached hydrogens (tertiary/aromatic N) is 1. The van der Waals surface area contributed by atoms with Crippen LogP contribution in [-0.4, -0.2) is 0 Å². The maximum absolute atomic E-state index is 6.71. The molecule has 0 saturated heterocycles. The molecule has 0 amide bonds. The Morgan fingerprint density at radius 3 is 1.56 bits per heavy atom. The molecule has 0 saturated carbocycles. The van der Waals surface area contributed by atoms with Crippen LogP contribution >= 0.6 is 0 Å². The van der Waals surface area contributed by atoms with Crippen LogP contribution in [0.15, 0.2) is 245 Å². The highest BCUT2D eigenvalue weighted by Gasteiger charge is 2.46. The van der Waals surface area contributed by atoms with Crippen molar-refractivity contribution in [2.75, 3.05) is 4.90 Å². The minimum absolute atomic E-state index is 0.565. The van der Waals surface area contributed by atoms with E-state index in [1.165, 1.54) is 33.4 Å². The van der Waals surface area contributed by atoms with E-state index in [0.29, 0.717) is 0 Å². The van der Waals surface area contributed by atoms with E-state index in [1.807, 2.05) is 0 Å². The number of hydrogen-bond acceptors (Lipinski definition) is 3. The van der Waals surface area contributed by atoms with Crippen molar-refractivity contribution >= 4 is 60.9 Å². The predicted molar refractivity (Wildman–Crippen MR) is 264 cm³/mol. The van der Waals surface area contributed by atoms with Crippen molar-refractivity contribution < 1.29 is 8.83 Å².